The maximum atomic E-state index is 12.9. The number of carbonyl (C=O) groups is 1. The molecule has 0 spiro atoms. The van der Waals surface area contributed by atoms with Crippen LogP contribution in [0.3, 0.4) is 0 Å². The van der Waals surface area contributed by atoms with Gasteiger partial charge in [-0.25, -0.2) is 0 Å². The molecule has 0 fully saturated rings. The van der Waals surface area contributed by atoms with Gasteiger partial charge in [0.15, 0.2) is 5.76 Å². The number of hydrazone groups is 1. The third kappa shape index (κ3) is 3.37. The molecule has 5 nitrogen and oxygen atoms in total. The van der Waals surface area contributed by atoms with E-state index in [0.29, 0.717) is 28.2 Å². The summed E-state index contributed by atoms with van der Waals surface area (Å²) in [5, 5.41) is 16.5. The number of benzene rings is 3. The van der Waals surface area contributed by atoms with E-state index in [0.717, 1.165) is 22.2 Å². The monoisotopic (exact) mass is 430 g/mol. The average Bonchev–Trinajstić information content (AvgIpc) is 3.38. The van der Waals surface area contributed by atoms with Crippen LogP contribution in [0.4, 0.5) is 0 Å². The highest BCUT2D eigenvalue weighted by atomic mass is 35.5. The molecule has 31 heavy (non-hydrogen) atoms. The van der Waals surface area contributed by atoms with Gasteiger partial charge >= 0.3 is 0 Å². The molecule has 0 saturated heterocycles. The number of ketones is 1. The summed E-state index contributed by atoms with van der Waals surface area (Å²) in [6, 6.07) is 19.9. The van der Waals surface area contributed by atoms with Crippen LogP contribution in [0.5, 0.6) is 5.75 Å². The number of carbonyl (C=O) groups excluding carboxylic acids is 1. The van der Waals surface area contributed by atoms with Crippen LogP contribution in [-0.4, -0.2) is 16.6 Å². The van der Waals surface area contributed by atoms with E-state index in [9.17, 15) is 9.90 Å². The fourth-order valence-corrected chi connectivity index (χ4v) is 4.24. The summed E-state index contributed by atoms with van der Waals surface area (Å²) in [6.07, 6.45) is 0.579. The van der Waals surface area contributed by atoms with Crippen LogP contribution in [0, 0.1) is 6.92 Å². The number of aryl methyl sites for hydroxylation is 1. The standard InChI is InChI=1S/C25H19ClN2O3/c1-14-17-11-18(21-12-20(27-28-21)16-9-5-6-10-19(16)26)22(29)13-23(17)31-25(14)24(30)15-7-3-2-4-8-15/h2-11,13,20,27,29H,12H2,1H3. The van der Waals surface area contributed by atoms with Crippen molar-refractivity contribution in [3.05, 3.63) is 99.8 Å². The number of rotatable bonds is 4. The number of hydrogen-bond donors (Lipinski definition) is 2. The van der Waals surface area contributed by atoms with E-state index >= 15 is 0 Å². The van der Waals surface area contributed by atoms with Crippen LogP contribution in [-0.2, 0) is 0 Å². The first-order chi connectivity index (χ1) is 15.0. The molecule has 3 aromatic carbocycles. The number of halogens is 1. The number of fused-ring (bicyclic) bond motifs is 1. The maximum Gasteiger partial charge on any atom is 0.228 e. The Labute approximate surface area is 184 Å². The van der Waals surface area contributed by atoms with Crippen molar-refractivity contribution in [2.24, 2.45) is 5.10 Å². The Morgan fingerprint density at radius 3 is 2.65 bits per heavy atom. The Kier molecular flexibility index (Phi) is 4.75. The Bertz CT molecular complexity index is 1340. The van der Waals surface area contributed by atoms with Crippen LogP contribution in [0.25, 0.3) is 11.0 Å². The first-order valence-corrected chi connectivity index (χ1v) is 10.3. The second kappa shape index (κ2) is 7.60. The predicted octanol–water partition coefficient (Wildman–Crippen LogP) is 5.77. The van der Waals surface area contributed by atoms with Crippen LogP contribution in [0.15, 0.2) is 76.2 Å². The van der Waals surface area contributed by atoms with Gasteiger partial charge in [0.05, 0.1) is 11.8 Å². The molecule has 2 heterocycles. The minimum atomic E-state index is -0.186. The van der Waals surface area contributed by atoms with E-state index in [4.69, 9.17) is 16.0 Å². The smallest absolute Gasteiger partial charge is 0.228 e. The van der Waals surface area contributed by atoms with E-state index in [-0.39, 0.29) is 23.3 Å². The largest absolute Gasteiger partial charge is 0.507 e. The zero-order valence-corrected chi connectivity index (χ0v) is 17.5. The lowest BCUT2D eigenvalue weighted by atomic mass is 9.97. The minimum absolute atomic E-state index is 0.0559. The predicted molar refractivity (Wildman–Crippen MR) is 121 cm³/mol. The lowest BCUT2D eigenvalue weighted by molar-refractivity contribution is 0.101. The van der Waals surface area contributed by atoms with E-state index in [1.165, 1.54) is 0 Å². The van der Waals surface area contributed by atoms with Crippen LogP contribution in [0.2, 0.25) is 5.02 Å². The topological polar surface area (TPSA) is 74.8 Å². The van der Waals surface area contributed by atoms with E-state index in [1.54, 1.807) is 18.2 Å². The highest BCUT2D eigenvalue weighted by Crippen LogP contribution is 2.36. The third-order valence-corrected chi connectivity index (χ3v) is 5.99. The molecule has 154 valence electrons. The molecule has 1 aromatic heterocycles. The summed E-state index contributed by atoms with van der Waals surface area (Å²) >= 11 is 6.33. The van der Waals surface area contributed by atoms with Crippen molar-refractivity contribution < 1.29 is 14.3 Å². The number of aromatic hydroxyl groups is 1. The Morgan fingerprint density at radius 2 is 1.87 bits per heavy atom. The van der Waals surface area contributed by atoms with E-state index in [1.807, 2.05) is 55.5 Å². The minimum Gasteiger partial charge on any atom is -0.507 e. The second-order valence-electron chi connectivity index (χ2n) is 7.58. The third-order valence-electron chi connectivity index (χ3n) is 5.64. The number of phenols is 1. The van der Waals surface area contributed by atoms with Crippen LogP contribution >= 0.6 is 11.6 Å². The summed E-state index contributed by atoms with van der Waals surface area (Å²) in [5.74, 6) is 0.146. The summed E-state index contributed by atoms with van der Waals surface area (Å²) in [4.78, 5) is 12.9. The summed E-state index contributed by atoms with van der Waals surface area (Å²) in [5.41, 5.74) is 7.16. The highest BCUT2D eigenvalue weighted by Gasteiger charge is 2.26. The van der Waals surface area contributed by atoms with Gasteiger partial charge in [-0.05, 0) is 24.6 Å². The van der Waals surface area contributed by atoms with E-state index in [2.05, 4.69) is 10.5 Å². The van der Waals surface area contributed by atoms with Crippen molar-refractivity contribution in [3.63, 3.8) is 0 Å². The van der Waals surface area contributed by atoms with Gasteiger partial charge in [-0.3, -0.25) is 4.79 Å². The van der Waals surface area contributed by atoms with Crippen molar-refractivity contribution >= 4 is 34.1 Å². The Balaban J connectivity index is 1.50. The second-order valence-corrected chi connectivity index (χ2v) is 7.99. The fraction of sp³-hybridized carbons (Fsp3) is 0.120. The quantitative estimate of drug-likeness (QED) is 0.403. The van der Waals surface area contributed by atoms with Gasteiger partial charge in [0.1, 0.15) is 11.3 Å². The zero-order valence-electron chi connectivity index (χ0n) is 16.7. The molecule has 1 atom stereocenters. The van der Waals surface area contributed by atoms with Crippen molar-refractivity contribution in [2.75, 3.05) is 0 Å². The maximum absolute atomic E-state index is 12.9. The summed E-state index contributed by atoms with van der Waals surface area (Å²) in [6.45, 7) is 1.85. The first kappa shape index (κ1) is 19.4. The number of nitrogens with zero attached hydrogens (tertiary/aromatic N) is 1. The molecule has 4 aromatic rings. The highest BCUT2D eigenvalue weighted by molar-refractivity contribution is 6.31. The van der Waals surface area contributed by atoms with E-state index < -0.39 is 0 Å². The molecule has 0 radical (unpaired) electrons. The van der Waals surface area contributed by atoms with Gasteiger partial charge in [-0.2, -0.15) is 5.10 Å². The van der Waals surface area contributed by atoms with Gasteiger partial charge < -0.3 is 14.9 Å². The van der Waals surface area contributed by atoms with Crippen LogP contribution in [0.1, 0.15) is 45.3 Å². The van der Waals surface area contributed by atoms with Gasteiger partial charge in [0, 0.05) is 39.6 Å². The number of furan rings is 1. The average molecular weight is 431 g/mol. The fourth-order valence-electron chi connectivity index (χ4n) is 3.97. The van der Waals surface area contributed by atoms with Crippen molar-refractivity contribution in [2.45, 2.75) is 19.4 Å². The number of phenolic OH excluding ortho intramolecular Hbond substituents is 1. The molecule has 0 aliphatic carbocycles. The molecule has 6 heteroatoms. The molecule has 2 N–H and O–H groups in total. The Morgan fingerprint density at radius 1 is 1.13 bits per heavy atom. The van der Waals surface area contributed by atoms with Gasteiger partial charge in [0.2, 0.25) is 5.78 Å². The SMILES string of the molecule is Cc1c(C(=O)c2ccccc2)oc2cc(O)c(C3=NNC(c4ccccc4Cl)C3)cc12. The first-order valence-electron chi connectivity index (χ1n) is 9.95. The number of hydrogen-bond acceptors (Lipinski definition) is 5. The normalized spacial score (nSPS) is 15.7. The molecule has 5 rings (SSSR count). The zero-order chi connectivity index (χ0) is 21.5. The lowest BCUT2D eigenvalue weighted by Gasteiger charge is -2.12. The number of nitrogens with one attached hydrogen (secondary N) is 1. The summed E-state index contributed by atoms with van der Waals surface area (Å²) < 4.78 is 5.84. The molecule has 1 aliphatic heterocycles. The van der Waals surface area contributed by atoms with Gasteiger partial charge in [-0.1, -0.05) is 60.1 Å². The molecule has 0 saturated carbocycles. The van der Waals surface area contributed by atoms with Gasteiger partial charge in [0.25, 0.3) is 0 Å². The molecule has 1 unspecified atom stereocenters. The van der Waals surface area contributed by atoms with Gasteiger partial charge in [-0.15, -0.1) is 0 Å². The lowest BCUT2D eigenvalue weighted by Crippen LogP contribution is -2.10. The molecular formula is C25H19ClN2O3. The molecule has 1 aliphatic rings. The van der Waals surface area contributed by atoms with Crippen molar-refractivity contribution in [1.82, 2.24) is 5.43 Å². The van der Waals surface area contributed by atoms with Crippen LogP contribution < -0.4 is 5.43 Å². The van der Waals surface area contributed by atoms with Crippen molar-refractivity contribution in [1.29, 1.82) is 0 Å². The molecular weight excluding hydrogens is 412 g/mol. The molecule has 0 amide bonds. The Hall–Kier alpha value is -3.57. The van der Waals surface area contributed by atoms with Crippen molar-refractivity contribution in [3.8, 4) is 5.75 Å². The summed E-state index contributed by atoms with van der Waals surface area (Å²) in [7, 11) is 0. The molecule has 0 bridgehead atoms.